The average Bonchev–Trinajstić information content (AvgIpc) is 3.10. The van der Waals surface area contributed by atoms with E-state index in [2.05, 4.69) is 63.4 Å². The first-order valence-electron chi connectivity index (χ1n) is 6.96. The molecule has 1 aliphatic carbocycles. The fraction of sp³-hybridized carbons (Fsp3) is 0.529. The van der Waals surface area contributed by atoms with Gasteiger partial charge in [-0.15, -0.1) is 0 Å². The molecule has 0 heterocycles. The molecule has 0 amide bonds. The van der Waals surface area contributed by atoms with Gasteiger partial charge in [0.25, 0.3) is 0 Å². The van der Waals surface area contributed by atoms with Gasteiger partial charge in [-0.25, -0.2) is 0 Å². The van der Waals surface area contributed by atoms with E-state index in [0.29, 0.717) is 0 Å². The molecular formula is C17H25N. The van der Waals surface area contributed by atoms with Gasteiger partial charge in [0, 0.05) is 12.1 Å². The topological polar surface area (TPSA) is 12.0 Å². The summed E-state index contributed by atoms with van der Waals surface area (Å²) in [5.41, 5.74) is 4.43. The van der Waals surface area contributed by atoms with Crippen molar-refractivity contribution in [3.63, 3.8) is 0 Å². The lowest BCUT2D eigenvalue weighted by Crippen LogP contribution is -2.36. The molecule has 0 atom stereocenters. The molecular weight excluding hydrogens is 218 g/mol. The lowest BCUT2D eigenvalue weighted by atomic mass is 10.0. The van der Waals surface area contributed by atoms with Crippen LogP contribution in [-0.2, 0) is 0 Å². The van der Waals surface area contributed by atoms with Crippen molar-refractivity contribution in [2.45, 2.75) is 52.0 Å². The van der Waals surface area contributed by atoms with Crippen LogP contribution in [0.5, 0.6) is 0 Å². The number of hydrogen-bond acceptors (Lipinski definition) is 1. The molecule has 1 nitrogen and oxygen atoms in total. The van der Waals surface area contributed by atoms with Gasteiger partial charge in [-0.2, -0.15) is 0 Å². The van der Waals surface area contributed by atoms with Crippen LogP contribution >= 0.6 is 0 Å². The van der Waals surface area contributed by atoms with E-state index in [0.717, 1.165) is 12.5 Å². The summed E-state index contributed by atoms with van der Waals surface area (Å²) in [5.74, 6) is 0.839. The predicted molar refractivity (Wildman–Crippen MR) is 79.8 cm³/mol. The Morgan fingerprint density at radius 2 is 2.06 bits per heavy atom. The van der Waals surface area contributed by atoms with Gasteiger partial charge in [0.05, 0.1) is 0 Å². The minimum Gasteiger partial charge on any atom is -0.308 e. The smallest absolute Gasteiger partial charge is 0.0170 e. The van der Waals surface area contributed by atoms with Crippen molar-refractivity contribution in [1.29, 1.82) is 0 Å². The van der Waals surface area contributed by atoms with Gasteiger partial charge in [0.1, 0.15) is 0 Å². The molecule has 1 saturated carbocycles. The maximum atomic E-state index is 3.52. The van der Waals surface area contributed by atoms with Crippen LogP contribution in [0.1, 0.15) is 57.6 Å². The van der Waals surface area contributed by atoms with Crippen LogP contribution in [0, 0.1) is 0 Å². The first-order chi connectivity index (χ1) is 8.44. The van der Waals surface area contributed by atoms with Gasteiger partial charge >= 0.3 is 0 Å². The Labute approximate surface area is 111 Å². The Kier molecular flexibility index (Phi) is 3.91. The summed E-state index contributed by atoms with van der Waals surface area (Å²) in [6.07, 6.45) is 5.04. The van der Waals surface area contributed by atoms with E-state index in [9.17, 15) is 0 Å². The predicted octanol–water partition coefficient (Wildman–Crippen LogP) is 4.36. The zero-order valence-electron chi connectivity index (χ0n) is 12.1. The normalized spacial score (nSPS) is 17.0. The molecule has 1 fully saturated rings. The fourth-order valence-corrected chi connectivity index (χ4v) is 2.06. The second-order valence-corrected chi connectivity index (χ2v) is 6.54. The van der Waals surface area contributed by atoms with Crippen LogP contribution in [0.3, 0.4) is 0 Å². The van der Waals surface area contributed by atoms with Crippen molar-refractivity contribution in [2.75, 3.05) is 6.54 Å². The summed E-state index contributed by atoms with van der Waals surface area (Å²) in [6, 6.07) is 8.99. The molecule has 0 bridgehead atoms. The van der Waals surface area contributed by atoms with Gasteiger partial charge in [-0.05, 0) is 57.6 Å². The highest BCUT2D eigenvalue weighted by Gasteiger charge is 2.23. The summed E-state index contributed by atoms with van der Waals surface area (Å²) in [5, 5.41) is 3.52. The van der Waals surface area contributed by atoms with Crippen molar-refractivity contribution in [1.82, 2.24) is 5.32 Å². The summed E-state index contributed by atoms with van der Waals surface area (Å²) < 4.78 is 0. The molecule has 1 heteroatoms. The maximum absolute atomic E-state index is 3.52. The third kappa shape index (κ3) is 4.30. The van der Waals surface area contributed by atoms with E-state index in [1.807, 2.05) is 0 Å². The highest BCUT2D eigenvalue weighted by atomic mass is 14.9. The fourth-order valence-electron chi connectivity index (χ4n) is 2.06. The van der Waals surface area contributed by atoms with Gasteiger partial charge in [-0.3, -0.25) is 0 Å². The molecule has 0 aromatic heterocycles. The van der Waals surface area contributed by atoms with Crippen LogP contribution in [0.2, 0.25) is 0 Å². The van der Waals surface area contributed by atoms with Crippen molar-refractivity contribution >= 4 is 6.08 Å². The lowest BCUT2D eigenvalue weighted by molar-refractivity contribution is 0.445. The van der Waals surface area contributed by atoms with Gasteiger partial charge < -0.3 is 5.32 Å². The minimum absolute atomic E-state index is 0.185. The van der Waals surface area contributed by atoms with Crippen molar-refractivity contribution in [3.8, 4) is 0 Å². The van der Waals surface area contributed by atoms with Gasteiger partial charge in [0.15, 0.2) is 0 Å². The highest BCUT2D eigenvalue weighted by Crippen LogP contribution is 2.40. The quantitative estimate of drug-likeness (QED) is 0.828. The van der Waals surface area contributed by atoms with E-state index in [4.69, 9.17) is 0 Å². The Balaban J connectivity index is 2.00. The Morgan fingerprint density at radius 1 is 1.33 bits per heavy atom. The number of hydrogen-bond donors (Lipinski definition) is 1. The molecule has 1 N–H and O–H groups in total. The average molecular weight is 243 g/mol. The van der Waals surface area contributed by atoms with Gasteiger partial charge in [-0.1, -0.05) is 35.9 Å². The summed E-state index contributed by atoms with van der Waals surface area (Å²) in [7, 11) is 0. The van der Waals surface area contributed by atoms with Crippen LogP contribution in [0.4, 0.5) is 0 Å². The molecule has 1 aliphatic rings. The molecule has 1 aromatic carbocycles. The van der Waals surface area contributed by atoms with E-state index < -0.39 is 0 Å². The number of benzene rings is 1. The highest BCUT2D eigenvalue weighted by molar-refractivity contribution is 5.54. The molecule has 2 rings (SSSR count). The second-order valence-electron chi connectivity index (χ2n) is 6.54. The zero-order chi connectivity index (χ0) is 13.2. The Hall–Kier alpha value is -1.08. The number of rotatable bonds is 4. The molecule has 1 aromatic rings. The van der Waals surface area contributed by atoms with E-state index in [-0.39, 0.29) is 5.54 Å². The van der Waals surface area contributed by atoms with Crippen molar-refractivity contribution < 1.29 is 0 Å². The summed E-state index contributed by atoms with van der Waals surface area (Å²) in [4.78, 5) is 0. The first kappa shape index (κ1) is 13.4. The standard InChI is InChI=1S/C17H25N/c1-13(12-18-17(2,3)4)10-14-6-5-7-16(11-14)15-8-9-15/h5-7,10-11,15,18H,8-9,12H2,1-4H3. The lowest BCUT2D eigenvalue weighted by Gasteiger charge is -2.20. The summed E-state index contributed by atoms with van der Waals surface area (Å²) >= 11 is 0. The van der Waals surface area contributed by atoms with Crippen LogP contribution < -0.4 is 5.32 Å². The largest absolute Gasteiger partial charge is 0.308 e. The third-order valence-electron chi connectivity index (χ3n) is 3.27. The zero-order valence-corrected chi connectivity index (χ0v) is 12.1. The van der Waals surface area contributed by atoms with Gasteiger partial charge in [0.2, 0.25) is 0 Å². The molecule has 0 spiro atoms. The number of nitrogens with one attached hydrogen (secondary N) is 1. The molecule has 0 radical (unpaired) electrons. The molecule has 18 heavy (non-hydrogen) atoms. The van der Waals surface area contributed by atoms with E-state index in [1.54, 1.807) is 0 Å². The molecule has 0 unspecified atom stereocenters. The first-order valence-corrected chi connectivity index (χ1v) is 6.96. The Bertz CT molecular complexity index is 433. The van der Waals surface area contributed by atoms with Crippen LogP contribution in [0.25, 0.3) is 6.08 Å². The second kappa shape index (κ2) is 5.27. The summed E-state index contributed by atoms with van der Waals surface area (Å²) in [6.45, 7) is 9.76. The monoisotopic (exact) mass is 243 g/mol. The van der Waals surface area contributed by atoms with Crippen molar-refractivity contribution in [3.05, 3.63) is 41.0 Å². The molecule has 0 aliphatic heterocycles. The molecule has 98 valence electrons. The van der Waals surface area contributed by atoms with E-state index >= 15 is 0 Å². The minimum atomic E-state index is 0.185. The van der Waals surface area contributed by atoms with Crippen LogP contribution in [0.15, 0.2) is 29.8 Å². The van der Waals surface area contributed by atoms with E-state index in [1.165, 1.54) is 29.5 Å². The van der Waals surface area contributed by atoms with Crippen molar-refractivity contribution in [2.24, 2.45) is 0 Å². The van der Waals surface area contributed by atoms with Crippen LogP contribution in [-0.4, -0.2) is 12.1 Å². The third-order valence-corrected chi connectivity index (χ3v) is 3.27. The maximum Gasteiger partial charge on any atom is 0.0170 e. The SMILES string of the molecule is CC(=Cc1cccc(C2CC2)c1)CNC(C)(C)C. The Morgan fingerprint density at radius 3 is 2.67 bits per heavy atom. The molecule has 0 saturated heterocycles.